The van der Waals surface area contributed by atoms with E-state index < -0.39 is 0 Å². The average molecular weight is 294 g/mol. The first-order valence-corrected chi connectivity index (χ1v) is 7.48. The molecule has 0 radical (unpaired) electrons. The summed E-state index contributed by atoms with van der Waals surface area (Å²) < 4.78 is 10.7. The normalized spacial score (nSPS) is 10.8. The number of rotatable bonds is 5. The SMILES string of the molecule is CCCOC(=O)COc1cccc2cc3ccccc3cc12. The lowest BCUT2D eigenvalue weighted by atomic mass is 10.0. The molecule has 0 saturated heterocycles. The van der Waals surface area contributed by atoms with Crippen molar-refractivity contribution in [1.82, 2.24) is 0 Å². The number of esters is 1. The molecule has 0 aromatic heterocycles. The third-order valence-corrected chi connectivity index (χ3v) is 3.52. The summed E-state index contributed by atoms with van der Waals surface area (Å²) in [5.74, 6) is 0.372. The van der Waals surface area contributed by atoms with E-state index in [4.69, 9.17) is 9.47 Å². The van der Waals surface area contributed by atoms with Gasteiger partial charge in [-0.1, -0.05) is 43.3 Å². The first kappa shape index (κ1) is 14.4. The van der Waals surface area contributed by atoms with Gasteiger partial charge in [0.1, 0.15) is 5.75 Å². The second-order valence-corrected chi connectivity index (χ2v) is 5.19. The van der Waals surface area contributed by atoms with Crippen molar-refractivity contribution in [2.45, 2.75) is 13.3 Å². The van der Waals surface area contributed by atoms with Crippen LogP contribution in [-0.2, 0) is 9.53 Å². The highest BCUT2D eigenvalue weighted by atomic mass is 16.6. The number of hydrogen-bond acceptors (Lipinski definition) is 3. The Balaban J connectivity index is 1.89. The van der Waals surface area contributed by atoms with Crippen LogP contribution >= 0.6 is 0 Å². The van der Waals surface area contributed by atoms with Crippen LogP contribution in [0.15, 0.2) is 54.6 Å². The van der Waals surface area contributed by atoms with E-state index in [9.17, 15) is 4.79 Å². The van der Waals surface area contributed by atoms with Gasteiger partial charge in [-0.15, -0.1) is 0 Å². The maximum atomic E-state index is 11.6. The molecule has 3 heteroatoms. The standard InChI is InChI=1S/C19H18O3/c1-2-10-21-19(20)13-22-18-9-5-8-16-11-14-6-3-4-7-15(14)12-17(16)18/h3-9,11-12H,2,10,13H2,1H3. The van der Waals surface area contributed by atoms with Crippen molar-refractivity contribution in [3.63, 3.8) is 0 Å². The lowest BCUT2D eigenvalue weighted by molar-refractivity contribution is -0.145. The minimum atomic E-state index is -0.334. The summed E-state index contributed by atoms with van der Waals surface area (Å²) in [5, 5.41) is 4.44. The molecule has 112 valence electrons. The van der Waals surface area contributed by atoms with E-state index in [1.165, 1.54) is 5.39 Å². The van der Waals surface area contributed by atoms with Gasteiger partial charge in [0.25, 0.3) is 0 Å². The van der Waals surface area contributed by atoms with Gasteiger partial charge >= 0.3 is 5.97 Å². The topological polar surface area (TPSA) is 35.5 Å². The van der Waals surface area contributed by atoms with Crippen LogP contribution in [0.3, 0.4) is 0 Å². The molecule has 22 heavy (non-hydrogen) atoms. The summed E-state index contributed by atoms with van der Waals surface area (Å²) in [4.78, 5) is 11.6. The van der Waals surface area contributed by atoms with Crippen LogP contribution in [0.4, 0.5) is 0 Å². The number of hydrogen-bond donors (Lipinski definition) is 0. The van der Waals surface area contributed by atoms with Crippen LogP contribution in [0.5, 0.6) is 5.75 Å². The Morgan fingerprint density at radius 2 is 1.68 bits per heavy atom. The fourth-order valence-corrected chi connectivity index (χ4v) is 2.46. The molecular weight excluding hydrogens is 276 g/mol. The predicted molar refractivity (Wildman–Crippen MR) is 88.2 cm³/mol. The summed E-state index contributed by atoms with van der Waals surface area (Å²) in [5.41, 5.74) is 0. The molecule has 3 rings (SSSR count). The van der Waals surface area contributed by atoms with E-state index in [0.717, 1.165) is 22.6 Å². The Labute approximate surface area is 129 Å². The van der Waals surface area contributed by atoms with Crippen molar-refractivity contribution in [1.29, 1.82) is 0 Å². The molecular formula is C19H18O3. The van der Waals surface area contributed by atoms with Crippen LogP contribution in [0.1, 0.15) is 13.3 Å². The summed E-state index contributed by atoms with van der Waals surface area (Å²) in [6, 6.07) is 18.3. The van der Waals surface area contributed by atoms with Crippen LogP contribution in [0.25, 0.3) is 21.5 Å². The second kappa shape index (κ2) is 6.48. The molecule has 3 aromatic carbocycles. The number of carbonyl (C=O) groups excluding carboxylic acids is 1. The van der Waals surface area contributed by atoms with Crippen molar-refractivity contribution in [2.24, 2.45) is 0 Å². The monoisotopic (exact) mass is 294 g/mol. The van der Waals surface area contributed by atoms with Gasteiger partial charge in [0.05, 0.1) is 6.61 Å². The molecule has 0 spiro atoms. The predicted octanol–water partition coefficient (Wildman–Crippen LogP) is 4.33. The van der Waals surface area contributed by atoms with Gasteiger partial charge in [0.15, 0.2) is 6.61 Å². The van der Waals surface area contributed by atoms with E-state index in [0.29, 0.717) is 12.4 Å². The zero-order valence-corrected chi connectivity index (χ0v) is 12.5. The zero-order chi connectivity index (χ0) is 15.4. The second-order valence-electron chi connectivity index (χ2n) is 5.19. The molecule has 0 fully saturated rings. The molecule has 0 heterocycles. The Morgan fingerprint density at radius 1 is 0.955 bits per heavy atom. The molecule has 0 unspecified atom stereocenters. The van der Waals surface area contributed by atoms with Gasteiger partial charge in [-0.05, 0) is 40.8 Å². The molecule has 0 aliphatic heterocycles. The molecule has 0 bridgehead atoms. The molecule has 3 nitrogen and oxygen atoms in total. The first-order chi connectivity index (χ1) is 10.8. The fraction of sp³-hybridized carbons (Fsp3) is 0.211. The van der Waals surface area contributed by atoms with Crippen molar-refractivity contribution < 1.29 is 14.3 Å². The largest absolute Gasteiger partial charge is 0.481 e. The van der Waals surface area contributed by atoms with E-state index in [1.54, 1.807) is 0 Å². The van der Waals surface area contributed by atoms with Crippen molar-refractivity contribution in [2.75, 3.05) is 13.2 Å². The van der Waals surface area contributed by atoms with Crippen molar-refractivity contribution in [3.05, 3.63) is 54.6 Å². The quantitative estimate of drug-likeness (QED) is 0.519. The number of fused-ring (bicyclic) bond motifs is 2. The Hall–Kier alpha value is -2.55. The molecule has 0 amide bonds. The molecule has 3 aromatic rings. The van der Waals surface area contributed by atoms with Crippen molar-refractivity contribution >= 4 is 27.5 Å². The average Bonchev–Trinajstić information content (AvgIpc) is 2.56. The molecule has 0 aliphatic rings. The van der Waals surface area contributed by atoms with Crippen LogP contribution in [0, 0.1) is 0 Å². The van der Waals surface area contributed by atoms with Gasteiger partial charge in [-0.2, -0.15) is 0 Å². The smallest absolute Gasteiger partial charge is 0.344 e. The Morgan fingerprint density at radius 3 is 2.45 bits per heavy atom. The third-order valence-electron chi connectivity index (χ3n) is 3.52. The Bertz CT molecular complexity index is 808. The Kier molecular flexibility index (Phi) is 4.24. The maximum Gasteiger partial charge on any atom is 0.344 e. The number of carbonyl (C=O) groups is 1. The minimum absolute atomic E-state index is 0.0636. The maximum absolute atomic E-state index is 11.6. The third kappa shape index (κ3) is 3.03. The number of benzene rings is 3. The lowest BCUT2D eigenvalue weighted by Crippen LogP contribution is -2.15. The number of ether oxygens (including phenoxy) is 2. The van der Waals surface area contributed by atoms with E-state index in [2.05, 4.69) is 24.3 Å². The summed E-state index contributed by atoms with van der Waals surface area (Å²) in [7, 11) is 0. The van der Waals surface area contributed by atoms with Crippen molar-refractivity contribution in [3.8, 4) is 5.75 Å². The van der Waals surface area contributed by atoms with Crippen LogP contribution in [0.2, 0.25) is 0 Å². The summed E-state index contributed by atoms with van der Waals surface area (Å²) >= 11 is 0. The highest BCUT2D eigenvalue weighted by molar-refractivity contribution is 6.00. The molecule has 0 N–H and O–H groups in total. The highest BCUT2D eigenvalue weighted by Crippen LogP contribution is 2.29. The van der Waals surface area contributed by atoms with Crippen LogP contribution in [-0.4, -0.2) is 19.2 Å². The van der Waals surface area contributed by atoms with Crippen LogP contribution < -0.4 is 4.74 Å². The highest BCUT2D eigenvalue weighted by Gasteiger charge is 2.07. The van der Waals surface area contributed by atoms with Gasteiger partial charge in [-0.3, -0.25) is 0 Å². The van der Waals surface area contributed by atoms with Gasteiger partial charge in [0, 0.05) is 5.39 Å². The summed E-state index contributed by atoms with van der Waals surface area (Å²) in [6.45, 7) is 2.33. The minimum Gasteiger partial charge on any atom is -0.481 e. The van der Waals surface area contributed by atoms with Gasteiger partial charge in [0.2, 0.25) is 0 Å². The molecule has 0 saturated carbocycles. The van der Waals surface area contributed by atoms with E-state index in [1.807, 2.05) is 37.3 Å². The molecule has 0 atom stereocenters. The summed E-state index contributed by atoms with van der Waals surface area (Å²) in [6.07, 6.45) is 0.812. The lowest BCUT2D eigenvalue weighted by Gasteiger charge is -2.10. The van der Waals surface area contributed by atoms with E-state index >= 15 is 0 Å². The molecule has 0 aliphatic carbocycles. The van der Waals surface area contributed by atoms with Gasteiger partial charge in [-0.25, -0.2) is 4.79 Å². The fourth-order valence-electron chi connectivity index (χ4n) is 2.46. The van der Waals surface area contributed by atoms with E-state index in [-0.39, 0.29) is 12.6 Å². The zero-order valence-electron chi connectivity index (χ0n) is 12.5. The first-order valence-electron chi connectivity index (χ1n) is 7.48. The van der Waals surface area contributed by atoms with Gasteiger partial charge < -0.3 is 9.47 Å².